The molecule has 1 aromatic carbocycles. The van der Waals surface area contributed by atoms with Gasteiger partial charge in [0.1, 0.15) is 11.5 Å². The van der Waals surface area contributed by atoms with Gasteiger partial charge in [-0.25, -0.2) is 0 Å². The molecule has 6 nitrogen and oxygen atoms in total. The van der Waals surface area contributed by atoms with Crippen LogP contribution in [0.15, 0.2) is 36.9 Å². The number of carbonyl (C=O) groups is 1. The Kier molecular flexibility index (Phi) is 7.34. The first kappa shape index (κ1) is 22.1. The van der Waals surface area contributed by atoms with Crippen molar-refractivity contribution < 1.29 is 14.3 Å². The number of carbonyl (C=O) groups excluding carboxylic acids is 1. The van der Waals surface area contributed by atoms with Crippen LogP contribution in [-0.2, 0) is 13.1 Å². The van der Waals surface area contributed by atoms with Gasteiger partial charge < -0.3 is 14.0 Å². The third-order valence-electron chi connectivity index (χ3n) is 5.90. The fourth-order valence-electron chi connectivity index (χ4n) is 4.13. The zero-order valence-electron chi connectivity index (χ0n) is 18.6. The van der Waals surface area contributed by atoms with Gasteiger partial charge in [-0.15, -0.1) is 6.58 Å². The van der Waals surface area contributed by atoms with Crippen LogP contribution in [0.5, 0.6) is 11.5 Å². The van der Waals surface area contributed by atoms with E-state index < -0.39 is 0 Å². The lowest BCUT2D eigenvalue weighted by Gasteiger charge is -2.34. The lowest BCUT2D eigenvalue weighted by Crippen LogP contribution is -2.47. The second-order valence-electron chi connectivity index (χ2n) is 7.84. The molecule has 0 spiro atoms. The minimum absolute atomic E-state index is 0.196. The molecule has 2 heterocycles. The van der Waals surface area contributed by atoms with Crippen LogP contribution in [0.4, 0.5) is 0 Å². The quantitative estimate of drug-likeness (QED) is 0.468. The summed E-state index contributed by atoms with van der Waals surface area (Å²) >= 11 is 0. The van der Waals surface area contributed by atoms with Crippen molar-refractivity contribution >= 4 is 5.78 Å². The average Bonchev–Trinajstić information content (AvgIpc) is 3.03. The predicted octanol–water partition coefficient (Wildman–Crippen LogP) is 3.31. The van der Waals surface area contributed by atoms with E-state index in [1.165, 1.54) is 0 Å². The maximum absolute atomic E-state index is 12.9. The Hall–Kier alpha value is -2.57. The standard InChI is InChI=1S/C24H33N3O3/c1-6-9-27-18(2)14-22(19(27)3)23(28)17-26-12-10-25(11-13-26)16-20-15-21(29-4)7-8-24(20)30-5/h6-8,14-15H,1,9-13,16-17H2,2-5H3. The minimum Gasteiger partial charge on any atom is -0.497 e. The van der Waals surface area contributed by atoms with Crippen molar-refractivity contribution in [1.29, 1.82) is 0 Å². The van der Waals surface area contributed by atoms with Crippen LogP contribution < -0.4 is 9.47 Å². The second kappa shape index (κ2) is 9.96. The first-order chi connectivity index (χ1) is 14.5. The maximum Gasteiger partial charge on any atom is 0.178 e. The summed E-state index contributed by atoms with van der Waals surface area (Å²) in [4.78, 5) is 17.6. The van der Waals surface area contributed by atoms with E-state index in [-0.39, 0.29) is 5.78 Å². The number of aryl methyl sites for hydroxylation is 1. The van der Waals surface area contributed by atoms with Gasteiger partial charge in [-0.3, -0.25) is 14.6 Å². The Morgan fingerprint density at radius 1 is 1.07 bits per heavy atom. The molecule has 6 heteroatoms. The largest absolute Gasteiger partial charge is 0.497 e. The van der Waals surface area contributed by atoms with Gasteiger partial charge in [0, 0.05) is 61.8 Å². The fourth-order valence-corrected chi connectivity index (χ4v) is 4.13. The van der Waals surface area contributed by atoms with E-state index in [1.807, 2.05) is 44.2 Å². The Bertz CT molecular complexity index is 895. The number of hydrogen-bond acceptors (Lipinski definition) is 5. The number of benzene rings is 1. The molecule has 1 aliphatic heterocycles. The van der Waals surface area contributed by atoms with Gasteiger partial charge in [-0.1, -0.05) is 6.08 Å². The third kappa shape index (κ3) is 4.94. The number of methoxy groups -OCH3 is 2. The monoisotopic (exact) mass is 411 g/mol. The maximum atomic E-state index is 12.9. The predicted molar refractivity (Wildman–Crippen MR) is 120 cm³/mol. The summed E-state index contributed by atoms with van der Waals surface area (Å²) in [5.74, 6) is 1.91. The van der Waals surface area contributed by atoms with E-state index in [0.717, 1.165) is 73.3 Å². The summed E-state index contributed by atoms with van der Waals surface area (Å²) in [6, 6.07) is 7.91. The molecule has 3 rings (SSSR count). The van der Waals surface area contributed by atoms with Crippen LogP contribution >= 0.6 is 0 Å². The molecule has 0 N–H and O–H groups in total. The summed E-state index contributed by atoms with van der Waals surface area (Å²) in [5, 5.41) is 0. The summed E-state index contributed by atoms with van der Waals surface area (Å²) in [6.45, 7) is 13.5. The SMILES string of the molecule is C=CCn1c(C)cc(C(=O)CN2CCN(Cc3cc(OC)ccc3OC)CC2)c1C. The van der Waals surface area contributed by atoms with Gasteiger partial charge in [0.05, 0.1) is 20.8 Å². The molecule has 1 fully saturated rings. The fraction of sp³-hybridized carbons (Fsp3) is 0.458. The van der Waals surface area contributed by atoms with Crippen LogP contribution in [0.1, 0.15) is 27.3 Å². The van der Waals surface area contributed by atoms with E-state index in [1.54, 1.807) is 14.2 Å². The van der Waals surface area contributed by atoms with Crippen LogP contribution in [0.2, 0.25) is 0 Å². The molecule has 1 aliphatic rings. The molecule has 30 heavy (non-hydrogen) atoms. The summed E-state index contributed by atoms with van der Waals surface area (Å²) in [7, 11) is 3.37. The zero-order chi connectivity index (χ0) is 21.7. The lowest BCUT2D eigenvalue weighted by atomic mass is 10.1. The summed E-state index contributed by atoms with van der Waals surface area (Å²) in [5.41, 5.74) is 4.09. The normalized spacial score (nSPS) is 15.2. The van der Waals surface area contributed by atoms with Crippen molar-refractivity contribution in [2.75, 3.05) is 46.9 Å². The number of Topliss-reactive ketones (excluding diaryl/α,β-unsaturated/α-hetero) is 1. The average molecular weight is 412 g/mol. The number of nitrogens with zero attached hydrogens (tertiary/aromatic N) is 3. The first-order valence-corrected chi connectivity index (χ1v) is 10.4. The molecular formula is C24H33N3O3. The molecule has 0 bridgehead atoms. The van der Waals surface area contributed by atoms with Crippen LogP contribution in [-0.4, -0.2) is 67.1 Å². The molecule has 0 atom stereocenters. The van der Waals surface area contributed by atoms with Crippen LogP contribution in [0.25, 0.3) is 0 Å². The number of aromatic nitrogens is 1. The van der Waals surface area contributed by atoms with Gasteiger partial charge in [0.15, 0.2) is 5.78 Å². The molecule has 162 valence electrons. The van der Waals surface area contributed by atoms with Crippen molar-refractivity contribution in [3.63, 3.8) is 0 Å². The topological polar surface area (TPSA) is 46.9 Å². The number of piperazine rings is 1. The van der Waals surface area contributed by atoms with Crippen LogP contribution in [0, 0.1) is 13.8 Å². The molecule has 0 saturated carbocycles. The van der Waals surface area contributed by atoms with E-state index in [0.29, 0.717) is 6.54 Å². The van der Waals surface area contributed by atoms with Crippen molar-refractivity contribution in [2.45, 2.75) is 26.9 Å². The molecule has 1 aromatic heterocycles. The smallest absolute Gasteiger partial charge is 0.178 e. The van der Waals surface area contributed by atoms with Crippen molar-refractivity contribution in [2.24, 2.45) is 0 Å². The van der Waals surface area contributed by atoms with E-state index in [9.17, 15) is 4.79 Å². The summed E-state index contributed by atoms with van der Waals surface area (Å²) < 4.78 is 13.0. The van der Waals surface area contributed by atoms with Crippen molar-refractivity contribution in [3.05, 3.63) is 59.4 Å². The Labute approximate surface area is 179 Å². The number of allylic oxidation sites excluding steroid dienone is 1. The molecular weight excluding hydrogens is 378 g/mol. The Morgan fingerprint density at radius 2 is 1.77 bits per heavy atom. The number of ketones is 1. The van der Waals surface area contributed by atoms with E-state index in [2.05, 4.69) is 20.9 Å². The highest BCUT2D eigenvalue weighted by atomic mass is 16.5. The highest BCUT2D eigenvalue weighted by molar-refractivity contribution is 5.99. The highest BCUT2D eigenvalue weighted by Crippen LogP contribution is 2.25. The van der Waals surface area contributed by atoms with E-state index in [4.69, 9.17) is 9.47 Å². The lowest BCUT2D eigenvalue weighted by molar-refractivity contribution is 0.0842. The third-order valence-corrected chi connectivity index (χ3v) is 5.90. The number of ether oxygens (including phenoxy) is 2. The van der Waals surface area contributed by atoms with Crippen LogP contribution in [0.3, 0.4) is 0 Å². The molecule has 0 aliphatic carbocycles. The Balaban J connectivity index is 1.57. The zero-order valence-corrected chi connectivity index (χ0v) is 18.6. The summed E-state index contributed by atoms with van der Waals surface area (Å²) in [6.07, 6.45) is 1.87. The van der Waals surface area contributed by atoms with Gasteiger partial charge in [0.2, 0.25) is 0 Å². The second-order valence-corrected chi connectivity index (χ2v) is 7.84. The molecule has 2 aromatic rings. The first-order valence-electron chi connectivity index (χ1n) is 10.4. The van der Waals surface area contributed by atoms with Gasteiger partial charge in [0.25, 0.3) is 0 Å². The molecule has 0 unspecified atom stereocenters. The molecule has 1 saturated heterocycles. The number of hydrogen-bond donors (Lipinski definition) is 0. The van der Waals surface area contributed by atoms with Gasteiger partial charge in [-0.2, -0.15) is 0 Å². The van der Waals surface area contributed by atoms with Crippen molar-refractivity contribution in [1.82, 2.24) is 14.4 Å². The van der Waals surface area contributed by atoms with Gasteiger partial charge >= 0.3 is 0 Å². The Morgan fingerprint density at radius 3 is 2.40 bits per heavy atom. The number of rotatable bonds is 9. The minimum atomic E-state index is 0.196. The van der Waals surface area contributed by atoms with E-state index >= 15 is 0 Å². The van der Waals surface area contributed by atoms with Gasteiger partial charge in [-0.05, 0) is 38.1 Å². The molecule has 0 amide bonds. The highest BCUT2D eigenvalue weighted by Gasteiger charge is 2.22. The van der Waals surface area contributed by atoms with Crippen molar-refractivity contribution in [3.8, 4) is 11.5 Å². The molecule has 0 radical (unpaired) electrons.